The summed E-state index contributed by atoms with van der Waals surface area (Å²) in [7, 11) is 3.10. The molecule has 3 aromatic rings. The summed E-state index contributed by atoms with van der Waals surface area (Å²) in [5, 5.41) is 0. The molecule has 0 saturated heterocycles. The number of benzene rings is 3. The van der Waals surface area contributed by atoms with Crippen LogP contribution < -0.4 is 14.4 Å². The fourth-order valence-corrected chi connectivity index (χ4v) is 4.05. The van der Waals surface area contributed by atoms with Crippen LogP contribution in [-0.4, -0.2) is 37.5 Å². The predicted molar refractivity (Wildman–Crippen MR) is 128 cm³/mol. The van der Waals surface area contributed by atoms with Crippen molar-refractivity contribution >= 4 is 23.1 Å². The lowest BCUT2D eigenvalue weighted by Gasteiger charge is -2.25. The molecule has 1 aliphatic rings. The zero-order valence-corrected chi connectivity index (χ0v) is 18.9. The van der Waals surface area contributed by atoms with E-state index in [9.17, 15) is 9.59 Å². The second-order valence-corrected chi connectivity index (χ2v) is 7.56. The summed E-state index contributed by atoms with van der Waals surface area (Å²) < 4.78 is 10.8. The number of likely N-dealkylation sites (N-methyl/N-ethyl adjacent to an activating group) is 1. The van der Waals surface area contributed by atoms with Crippen molar-refractivity contribution in [2.75, 3.05) is 25.7 Å². The molecule has 0 bridgehead atoms. The van der Waals surface area contributed by atoms with Gasteiger partial charge in [0.05, 0.1) is 26.3 Å². The van der Waals surface area contributed by atoms with Crippen LogP contribution in [0, 0.1) is 0 Å². The van der Waals surface area contributed by atoms with Gasteiger partial charge < -0.3 is 14.4 Å². The van der Waals surface area contributed by atoms with Crippen LogP contribution in [0.2, 0.25) is 0 Å². The molecule has 3 aromatic carbocycles. The highest BCUT2D eigenvalue weighted by atomic mass is 16.5. The molecule has 1 aliphatic heterocycles. The summed E-state index contributed by atoms with van der Waals surface area (Å²) in [6.07, 6.45) is 0. The zero-order chi connectivity index (χ0) is 23.4. The van der Waals surface area contributed by atoms with Gasteiger partial charge >= 0.3 is 0 Å². The summed E-state index contributed by atoms with van der Waals surface area (Å²) in [6, 6.07) is 24.4. The average molecular weight is 443 g/mol. The van der Waals surface area contributed by atoms with Crippen LogP contribution in [0.1, 0.15) is 18.1 Å². The van der Waals surface area contributed by atoms with Crippen molar-refractivity contribution in [2.24, 2.45) is 0 Å². The third kappa shape index (κ3) is 4.20. The number of rotatable bonds is 8. The lowest BCUT2D eigenvalue weighted by atomic mass is 10.0. The number of hydrogen-bond donors (Lipinski definition) is 0. The molecule has 0 N–H and O–H groups in total. The standard InChI is InChI=1S/C27H26N2O4/c1-4-28(21-13-9-6-10-14-21)25-24(20-15-16-22(32-2)23(17-20)33-3)26(30)29(27(25)31)18-19-11-7-5-8-12-19/h5-17H,4,18H2,1-3H3. The largest absolute Gasteiger partial charge is 0.493 e. The van der Waals surface area contributed by atoms with Gasteiger partial charge in [0.2, 0.25) is 0 Å². The van der Waals surface area contributed by atoms with Crippen LogP contribution in [0.3, 0.4) is 0 Å². The molecule has 0 atom stereocenters. The van der Waals surface area contributed by atoms with E-state index in [0.29, 0.717) is 34.9 Å². The van der Waals surface area contributed by atoms with Gasteiger partial charge in [-0.05, 0) is 42.3 Å². The van der Waals surface area contributed by atoms with Gasteiger partial charge in [0.25, 0.3) is 11.8 Å². The highest BCUT2D eigenvalue weighted by Gasteiger charge is 2.41. The number of anilines is 1. The first-order chi connectivity index (χ1) is 16.1. The van der Waals surface area contributed by atoms with E-state index in [1.807, 2.05) is 72.5 Å². The number of imide groups is 1. The minimum absolute atomic E-state index is 0.200. The first-order valence-electron chi connectivity index (χ1n) is 10.8. The van der Waals surface area contributed by atoms with Crippen molar-refractivity contribution in [1.82, 2.24) is 4.90 Å². The number of amides is 2. The van der Waals surface area contributed by atoms with Crippen molar-refractivity contribution in [3.05, 3.63) is 95.7 Å². The van der Waals surface area contributed by atoms with Gasteiger partial charge in [0, 0.05) is 12.2 Å². The first-order valence-corrected chi connectivity index (χ1v) is 10.8. The first kappa shape index (κ1) is 22.1. The van der Waals surface area contributed by atoms with E-state index in [-0.39, 0.29) is 18.4 Å². The quantitative estimate of drug-likeness (QED) is 0.481. The van der Waals surface area contributed by atoms with Crippen LogP contribution in [-0.2, 0) is 16.1 Å². The zero-order valence-electron chi connectivity index (χ0n) is 18.9. The molecule has 0 aromatic heterocycles. The summed E-state index contributed by atoms with van der Waals surface area (Å²) in [5.74, 6) is 0.392. The molecular formula is C27H26N2O4. The van der Waals surface area contributed by atoms with Gasteiger partial charge in [0.1, 0.15) is 5.70 Å². The lowest BCUT2D eigenvalue weighted by Crippen LogP contribution is -2.34. The fraction of sp³-hybridized carbons (Fsp3) is 0.185. The maximum Gasteiger partial charge on any atom is 0.278 e. The van der Waals surface area contributed by atoms with Crippen LogP contribution in [0.25, 0.3) is 5.57 Å². The molecule has 0 aliphatic carbocycles. The van der Waals surface area contributed by atoms with Crippen LogP contribution in [0.4, 0.5) is 5.69 Å². The SMILES string of the molecule is CCN(C1=C(c2ccc(OC)c(OC)c2)C(=O)N(Cc2ccccc2)C1=O)c1ccccc1. The molecule has 0 saturated carbocycles. The van der Waals surface area contributed by atoms with E-state index in [1.54, 1.807) is 32.4 Å². The summed E-state index contributed by atoms with van der Waals surface area (Å²) in [6.45, 7) is 2.68. The van der Waals surface area contributed by atoms with Crippen LogP contribution >= 0.6 is 0 Å². The Morgan fingerprint density at radius 1 is 0.788 bits per heavy atom. The van der Waals surface area contributed by atoms with Crippen molar-refractivity contribution in [1.29, 1.82) is 0 Å². The number of carbonyl (C=O) groups is 2. The number of para-hydroxylation sites is 1. The van der Waals surface area contributed by atoms with Gasteiger partial charge in [0.15, 0.2) is 11.5 Å². The van der Waals surface area contributed by atoms with Gasteiger partial charge in [-0.3, -0.25) is 14.5 Å². The Bertz CT molecular complexity index is 1190. The van der Waals surface area contributed by atoms with Crippen LogP contribution in [0.15, 0.2) is 84.6 Å². The molecular weight excluding hydrogens is 416 g/mol. The number of methoxy groups -OCH3 is 2. The average Bonchev–Trinajstić information content (AvgIpc) is 3.10. The highest BCUT2D eigenvalue weighted by molar-refractivity contribution is 6.36. The summed E-state index contributed by atoms with van der Waals surface area (Å²) >= 11 is 0. The maximum absolute atomic E-state index is 13.7. The van der Waals surface area contributed by atoms with E-state index in [4.69, 9.17) is 9.47 Å². The molecule has 0 radical (unpaired) electrons. The molecule has 6 heteroatoms. The molecule has 1 heterocycles. The second kappa shape index (κ2) is 9.61. The van der Waals surface area contributed by atoms with E-state index >= 15 is 0 Å². The second-order valence-electron chi connectivity index (χ2n) is 7.56. The van der Waals surface area contributed by atoms with Gasteiger partial charge in [-0.15, -0.1) is 0 Å². The van der Waals surface area contributed by atoms with E-state index in [2.05, 4.69) is 0 Å². The third-order valence-electron chi connectivity index (χ3n) is 5.65. The molecule has 0 unspecified atom stereocenters. The molecule has 4 rings (SSSR count). The Kier molecular flexibility index (Phi) is 6.45. The molecule has 2 amide bonds. The molecule has 0 spiro atoms. The third-order valence-corrected chi connectivity index (χ3v) is 5.65. The molecule has 0 fully saturated rings. The minimum atomic E-state index is -0.333. The predicted octanol–water partition coefficient (Wildman–Crippen LogP) is 4.51. The van der Waals surface area contributed by atoms with Crippen molar-refractivity contribution in [3.8, 4) is 11.5 Å². The topological polar surface area (TPSA) is 59.1 Å². The fourth-order valence-electron chi connectivity index (χ4n) is 4.05. The summed E-state index contributed by atoms with van der Waals surface area (Å²) in [5.41, 5.74) is 3.04. The smallest absolute Gasteiger partial charge is 0.278 e. The summed E-state index contributed by atoms with van der Waals surface area (Å²) in [4.78, 5) is 30.6. The van der Waals surface area contributed by atoms with E-state index in [1.165, 1.54) is 4.90 Å². The van der Waals surface area contributed by atoms with Gasteiger partial charge in [-0.2, -0.15) is 0 Å². The number of hydrogen-bond acceptors (Lipinski definition) is 5. The molecule has 33 heavy (non-hydrogen) atoms. The maximum atomic E-state index is 13.7. The number of carbonyl (C=O) groups excluding carboxylic acids is 2. The molecule has 168 valence electrons. The van der Waals surface area contributed by atoms with Crippen molar-refractivity contribution in [2.45, 2.75) is 13.5 Å². The minimum Gasteiger partial charge on any atom is -0.493 e. The normalized spacial score (nSPS) is 13.5. The Labute approximate surface area is 193 Å². The Balaban J connectivity index is 1.86. The van der Waals surface area contributed by atoms with Gasteiger partial charge in [-0.25, -0.2) is 0 Å². The number of ether oxygens (including phenoxy) is 2. The van der Waals surface area contributed by atoms with E-state index < -0.39 is 0 Å². The Hall–Kier alpha value is -4.06. The monoisotopic (exact) mass is 442 g/mol. The highest BCUT2D eigenvalue weighted by Crippen LogP contribution is 2.38. The van der Waals surface area contributed by atoms with Crippen molar-refractivity contribution in [3.63, 3.8) is 0 Å². The Morgan fingerprint density at radius 2 is 1.42 bits per heavy atom. The lowest BCUT2D eigenvalue weighted by molar-refractivity contribution is -0.137. The number of nitrogens with zero attached hydrogens (tertiary/aromatic N) is 2. The van der Waals surface area contributed by atoms with E-state index in [0.717, 1.165) is 11.3 Å². The Morgan fingerprint density at radius 3 is 2.03 bits per heavy atom. The van der Waals surface area contributed by atoms with Gasteiger partial charge in [-0.1, -0.05) is 54.6 Å². The van der Waals surface area contributed by atoms with Crippen LogP contribution in [0.5, 0.6) is 11.5 Å². The van der Waals surface area contributed by atoms with Crippen molar-refractivity contribution < 1.29 is 19.1 Å². The molecule has 6 nitrogen and oxygen atoms in total.